The second-order valence-corrected chi connectivity index (χ2v) is 5.05. The standard InChI is InChI=1S/C16H13ClO3/c1-19-16(18)15(17)14-10-6-2-4-8-12(10)20-13-9-5-3-7-11(13)14/h2-9,14-15H,1H3. The summed E-state index contributed by atoms with van der Waals surface area (Å²) in [6, 6.07) is 15.2. The molecule has 0 aliphatic carbocycles. The first kappa shape index (κ1) is 13.0. The fraction of sp³-hybridized carbons (Fsp3) is 0.188. The summed E-state index contributed by atoms with van der Waals surface area (Å²) < 4.78 is 10.6. The molecule has 1 unspecified atom stereocenters. The number of methoxy groups -OCH3 is 1. The first-order valence-corrected chi connectivity index (χ1v) is 6.73. The lowest BCUT2D eigenvalue weighted by molar-refractivity contribution is -0.140. The van der Waals surface area contributed by atoms with E-state index in [9.17, 15) is 4.79 Å². The number of alkyl halides is 1. The van der Waals surface area contributed by atoms with Gasteiger partial charge < -0.3 is 9.47 Å². The number of carbonyl (C=O) groups excluding carboxylic acids is 1. The Kier molecular flexibility index (Phi) is 3.36. The van der Waals surface area contributed by atoms with Gasteiger partial charge in [-0.15, -0.1) is 11.6 Å². The van der Waals surface area contributed by atoms with Crippen molar-refractivity contribution in [3.05, 3.63) is 59.7 Å². The maximum atomic E-state index is 11.8. The molecule has 1 heterocycles. The zero-order valence-corrected chi connectivity index (χ0v) is 11.6. The Morgan fingerprint density at radius 2 is 1.60 bits per heavy atom. The zero-order valence-electron chi connectivity index (χ0n) is 10.9. The highest BCUT2D eigenvalue weighted by Crippen LogP contribution is 2.46. The van der Waals surface area contributed by atoms with E-state index in [-0.39, 0.29) is 5.92 Å². The van der Waals surface area contributed by atoms with Crippen LogP contribution in [0.2, 0.25) is 0 Å². The molecule has 4 heteroatoms. The number of fused-ring (bicyclic) bond motifs is 2. The van der Waals surface area contributed by atoms with Gasteiger partial charge in [0, 0.05) is 17.0 Å². The Morgan fingerprint density at radius 3 is 2.10 bits per heavy atom. The number of benzene rings is 2. The Hall–Kier alpha value is -2.00. The number of halogens is 1. The topological polar surface area (TPSA) is 35.5 Å². The van der Waals surface area contributed by atoms with Gasteiger partial charge in [0.05, 0.1) is 7.11 Å². The van der Waals surface area contributed by atoms with Crippen LogP contribution in [0.4, 0.5) is 0 Å². The number of rotatable bonds is 2. The quantitative estimate of drug-likeness (QED) is 0.624. The molecule has 0 fully saturated rings. The Morgan fingerprint density at radius 1 is 1.10 bits per heavy atom. The third kappa shape index (κ3) is 2.04. The summed E-state index contributed by atoms with van der Waals surface area (Å²) in [6.45, 7) is 0. The summed E-state index contributed by atoms with van der Waals surface area (Å²) in [5.74, 6) is 0.741. The molecule has 102 valence electrons. The summed E-state index contributed by atoms with van der Waals surface area (Å²) in [4.78, 5) is 11.8. The molecule has 0 N–H and O–H groups in total. The molecule has 20 heavy (non-hydrogen) atoms. The first-order chi connectivity index (χ1) is 9.72. The van der Waals surface area contributed by atoms with E-state index in [4.69, 9.17) is 21.1 Å². The predicted molar refractivity (Wildman–Crippen MR) is 76.5 cm³/mol. The Balaban J connectivity index is 2.15. The minimum absolute atomic E-state index is 0.273. The van der Waals surface area contributed by atoms with Crippen LogP contribution in [-0.2, 0) is 9.53 Å². The van der Waals surface area contributed by atoms with Crippen LogP contribution in [0.25, 0.3) is 0 Å². The van der Waals surface area contributed by atoms with Gasteiger partial charge in [0.2, 0.25) is 0 Å². The number of ether oxygens (including phenoxy) is 2. The van der Waals surface area contributed by atoms with E-state index in [0.717, 1.165) is 22.6 Å². The second-order valence-electron chi connectivity index (χ2n) is 4.58. The monoisotopic (exact) mass is 288 g/mol. The van der Waals surface area contributed by atoms with Crippen molar-refractivity contribution in [2.45, 2.75) is 11.3 Å². The summed E-state index contributed by atoms with van der Waals surface area (Å²) in [7, 11) is 1.34. The molecule has 1 aliphatic heterocycles. The average Bonchev–Trinajstić information content (AvgIpc) is 2.51. The van der Waals surface area contributed by atoms with Crippen molar-refractivity contribution in [2.75, 3.05) is 7.11 Å². The molecule has 0 aromatic heterocycles. The molecule has 1 aliphatic rings. The third-order valence-corrected chi connectivity index (χ3v) is 3.88. The summed E-state index contributed by atoms with van der Waals surface area (Å²) in [5, 5.41) is -0.786. The highest BCUT2D eigenvalue weighted by Gasteiger charge is 2.36. The number of para-hydroxylation sites is 2. The van der Waals surface area contributed by atoms with Gasteiger partial charge in [-0.2, -0.15) is 0 Å². The van der Waals surface area contributed by atoms with E-state index in [1.807, 2.05) is 48.5 Å². The summed E-state index contributed by atoms with van der Waals surface area (Å²) in [6.07, 6.45) is 0. The van der Waals surface area contributed by atoms with Crippen LogP contribution in [0.3, 0.4) is 0 Å². The normalized spacial score (nSPS) is 14.7. The van der Waals surface area contributed by atoms with Gasteiger partial charge in [-0.05, 0) is 12.1 Å². The van der Waals surface area contributed by atoms with Gasteiger partial charge in [0.1, 0.15) is 16.9 Å². The van der Waals surface area contributed by atoms with Crippen molar-refractivity contribution in [1.82, 2.24) is 0 Å². The minimum Gasteiger partial charge on any atom is -0.468 e. The van der Waals surface area contributed by atoms with E-state index >= 15 is 0 Å². The van der Waals surface area contributed by atoms with Crippen LogP contribution in [0, 0.1) is 0 Å². The zero-order chi connectivity index (χ0) is 14.1. The van der Waals surface area contributed by atoms with E-state index < -0.39 is 11.3 Å². The maximum Gasteiger partial charge on any atom is 0.324 e. The number of hydrogen-bond donors (Lipinski definition) is 0. The lowest BCUT2D eigenvalue weighted by Crippen LogP contribution is -2.27. The number of esters is 1. The average molecular weight is 289 g/mol. The van der Waals surface area contributed by atoms with Crippen LogP contribution >= 0.6 is 11.6 Å². The second kappa shape index (κ2) is 5.17. The predicted octanol–water partition coefficient (Wildman–Crippen LogP) is 3.70. The molecule has 3 rings (SSSR count). The molecule has 1 atom stereocenters. The largest absolute Gasteiger partial charge is 0.468 e. The van der Waals surface area contributed by atoms with Gasteiger partial charge in [-0.3, -0.25) is 4.79 Å². The van der Waals surface area contributed by atoms with Gasteiger partial charge >= 0.3 is 5.97 Å². The Labute approximate surface area is 122 Å². The molecule has 0 bridgehead atoms. The van der Waals surface area contributed by atoms with Crippen molar-refractivity contribution < 1.29 is 14.3 Å². The molecular weight excluding hydrogens is 276 g/mol. The van der Waals surface area contributed by atoms with Crippen LogP contribution < -0.4 is 4.74 Å². The van der Waals surface area contributed by atoms with Crippen molar-refractivity contribution in [3.63, 3.8) is 0 Å². The van der Waals surface area contributed by atoms with Crippen LogP contribution in [0.15, 0.2) is 48.5 Å². The first-order valence-electron chi connectivity index (χ1n) is 6.30. The van der Waals surface area contributed by atoms with Gasteiger partial charge in [0.15, 0.2) is 0 Å². The molecule has 0 saturated carbocycles. The molecule has 3 nitrogen and oxygen atoms in total. The number of carbonyl (C=O) groups is 1. The van der Waals surface area contributed by atoms with E-state index in [1.54, 1.807) is 0 Å². The van der Waals surface area contributed by atoms with Gasteiger partial charge in [-0.1, -0.05) is 36.4 Å². The SMILES string of the molecule is COC(=O)C(Cl)C1c2ccccc2Oc2ccccc21. The van der Waals surface area contributed by atoms with Crippen molar-refractivity contribution in [3.8, 4) is 11.5 Å². The molecule has 2 aromatic carbocycles. The third-order valence-electron chi connectivity index (χ3n) is 3.45. The lowest BCUT2D eigenvalue weighted by Gasteiger charge is -2.29. The van der Waals surface area contributed by atoms with Crippen LogP contribution in [-0.4, -0.2) is 18.5 Å². The smallest absolute Gasteiger partial charge is 0.324 e. The highest BCUT2D eigenvalue weighted by molar-refractivity contribution is 6.30. The Bertz CT molecular complexity index is 608. The van der Waals surface area contributed by atoms with Gasteiger partial charge in [0.25, 0.3) is 0 Å². The fourth-order valence-corrected chi connectivity index (χ4v) is 2.87. The van der Waals surface area contributed by atoms with E-state index in [0.29, 0.717) is 0 Å². The van der Waals surface area contributed by atoms with Crippen LogP contribution in [0.1, 0.15) is 17.0 Å². The van der Waals surface area contributed by atoms with Crippen molar-refractivity contribution >= 4 is 17.6 Å². The van der Waals surface area contributed by atoms with Crippen LogP contribution in [0.5, 0.6) is 11.5 Å². The molecule has 0 radical (unpaired) electrons. The van der Waals surface area contributed by atoms with Gasteiger partial charge in [-0.25, -0.2) is 0 Å². The van der Waals surface area contributed by atoms with Crippen molar-refractivity contribution in [2.24, 2.45) is 0 Å². The summed E-state index contributed by atoms with van der Waals surface area (Å²) >= 11 is 6.34. The maximum absolute atomic E-state index is 11.8. The number of hydrogen-bond acceptors (Lipinski definition) is 3. The fourth-order valence-electron chi connectivity index (χ4n) is 2.51. The van der Waals surface area contributed by atoms with E-state index in [2.05, 4.69) is 0 Å². The molecule has 0 spiro atoms. The molecule has 2 aromatic rings. The lowest BCUT2D eigenvalue weighted by atomic mass is 9.85. The highest BCUT2D eigenvalue weighted by atomic mass is 35.5. The molecule has 0 amide bonds. The summed E-state index contributed by atoms with van der Waals surface area (Å²) in [5.41, 5.74) is 1.80. The van der Waals surface area contributed by atoms with Crippen molar-refractivity contribution in [1.29, 1.82) is 0 Å². The van der Waals surface area contributed by atoms with E-state index in [1.165, 1.54) is 7.11 Å². The molecule has 0 saturated heterocycles. The minimum atomic E-state index is -0.786. The molecular formula is C16H13ClO3.